The molecule has 0 radical (unpaired) electrons. The van der Waals surface area contributed by atoms with Crippen molar-refractivity contribution in [1.29, 1.82) is 0 Å². The van der Waals surface area contributed by atoms with E-state index in [0.29, 0.717) is 30.2 Å². The highest BCUT2D eigenvalue weighted by atomic mass is 16.5. The summed E-state index contributed by atoms with van der Waals surface area (Å²) in [6, 6.07) is 14.1. The molecule has 0 aliphatic rings. The van der Waals surface area contributed by atoms with Gasteiger partial charge in [-0.2, -0.15) is 10.2 Å². The van der Waals surface area contributed by atoms with Crippen LogP contribution in [0, 0.1) is 0 Å². The first kappa shape index (κ1) is 19.9. The van der Waals surface area contributed by atoms with Crippen LogP contribution in [-0.4, -0.2) is 40.6 Å². The average Bonchev–Trinajstić information content (AvgIpc) is 3.22. The van der Waals surface area contributed by atoms with E-state index in [1.165, 1.54) is 6.21 Å². The summed E-state index contributed by atoms with van der Waals surface area (Å²) in [5.74, 6) is 0.597. The van der Waals surface area contributed by atoms with Crippen molar-refractivity contribution in [2.24, 2.45) is 5.10 Å². The lowest BCUT2D eigenvalue weighted by Crippen LogP contribution is -2.18. The summed E-state index contributed by atoms with van der Waals surface area (Å²) in [5.41, 5.74) is 4.53. The van der Waals surface area contributed by atoms with Crippen LogP contribution in [0.15, 0.2) is 53.6 Å². The number of rotatable bonds is 8. The largest absolute Gasteiger partial charge is 0.504 e. The Labute approximate surface area is 168 Å². The SMILES string of the molecule is CCOc1cccc(-c2cc(C(=O)NN=Cc3cccc(OCC)c3O)[nH]n2)c1. The fourth-order valence-corrected chi connectivity index (χ4v) is 2.63. The Morgan fingerprint density at radius 3 is 2.76 bits per heavy atom. The standard InChI is InChI=1S/C21H22N4O4/c1-3-28-16-9-5-7-14(11-16)17-12-18(24-23-17)21(27)25-22-13-15-8-6-10-19(20(15)26)29-4-2/h5-13,26H,3-4H2,1-2H3,(H,23,24)(H,25,27). The van der Waals surface area contributed by atoms with Gasteiger partial charge in [-0.3, -0.25) is 9.89 Å². The number of aromatic nitrogens is 2. The summed E-state index contributed by atoms with van der Waals surface area (Å²) >= 11 is 0. The molecule has 3 aromatic rings. The Morgan fingerprint density at radius 1 is 1.17 bits per heavy atom. The molecule has 0 saturated heterocycles. The predicted octanol–water partition coefficient (Wildman–Crippen LogP) is 3.34. The number of nitrogens with one attached hydrogen (secondary N) is 2. The molecule has 2 aromatic carbocycles. The second-order valence-corrected chi connectivity index (χ2v) is 5.95. The maximum atomic E-state index is 12.3. The van der Waals surface area contributed by atoms with Crippen LogP contribution in [0.3, 0.4) is 0 Å². The lowest BCUT2D eigenvalue weighted by Gasteiger charge is -2.07. The first-order valence-electron chi connectivity index (χ1n) is 9.19. The van der Waals surface area contributed by atoms with E-state index in [0.717, 1.165) is 11.3 Å². The summed E-state index contributed by atoms with van der Waals surface area (Å²) in [5, 5.41) is 20.9. The van der Waals surface area contributed by atoms with E-state index >= 15 is 0 Å². The number of aromatic amines is 1. The molecule has 0 fully saturated rings. The molecule has 1 heterocycles. The third-order valence-corrected chi connectivity index (χ3v) is 3.96. The van der Waals surface area contributed by atoms with Crippen molar-refractivity contribution >= 4 is 12.1 Å². The third kappa shape index (κ3) is 4.92. The van der Waals surface area contributed by atoms with Crippen molar-refractivity contribution in [2.45, 2.75) is 13.8 Å². The molecule has 29 heavy (non-hydrogen) atoms. The number of hydrazone groups is 1. The van der Waals surface area contributed by atoms with Crippen LogP contribution in [0.2, 0.25) is 0 Å². The average molecular weight is 394 g/mol. The van der Waals surface area contributed by atoms with Crippen LogP contribution >= 0.6 is 0 Å². The molecule has 0 saturated carbocycles. The van der Waals surface area contributed by atoms with Gasteiger partial charge in [0.15, 0.2) is 11.5 Å². The van der Waals surface area contributed by atoms with Gasteiger partial charge in [0.25, 0.3) is 5.91 Å². The van der Waals surface area contributed by atoms with Gasteiger partial charge in [0.2, 0.25) is 0 Å². The molecule has 1 amide bonds. The van der Waals surface area contributed by atoms with Gasteiger partial charge in [0.05, 0.1) is 25.1 Å². The Balaban J connectivity index is 1.67. The number of hydrogen-bond donors (Lipinski definition) is 3. The number of carbonyl (C=O) groups excluding carboxylic acids is 1. The molecule has 3 N–H and O–H groups in total. The van der Waals surface area contributed by atoms with E-state index < -0.39 is 5.91 Å². The second-order valence-electron chi connectivity index (χ2n) is 5.95. The van der Waals surface area contributed by atoms with Gasteiger partial charge in [0, 0.05) is 11.1 Å². The molecule has 0 atom stereocenters. The zero-order valence-corrected chi connectivity index (χ0v) is 16.2. The van der Waals surface area contributed by atoms with Gasteiger partial charge in [0.1, 0.15) is 11.4 Å². The van der Waals surface area contributed by atoms with Gasteiger partial charge in [-0.25, -0.2) is 5.43 Å². The minimum Gasteiger partial charge on any atom is -0.504 e. The molecule has 0 aliphatic carbocycles. The number of H-pyrrole nitrogens is 1. The summed E-state index contributed by atoms with van der Waals surface area (Å²) in [6.07, 6.45) is 1.35. The summed E-state index contributed by atoms with van der Waals surface area (Å²) < 4.78 is 10.8. The first-order chi connectivity index (χ1) is 14.1. The van der Waals surface area contributed by atoms with E-state index in [1.807, 2.05) is 38.1 Å². The fourth-order valence-electron chi connectivity index (χ4n) is 2.63. The van der Waals surface area contributed by atoms with Gasteiger partial charge >= 0.3 is 0 Å². The van der Waals surface area contributed by atoms with Gasteiger partial charge in [-0.1, -0.05) is 18.2 Å². The lowest BCUT2D eigenvalue weighted by molar-refractivity contribution is 0.0950. The number of amides is 1. The number of nitrogens with zero attached hydrogens (tertiary/aromatic N) is 2. The van der Waals surface area contributed by atoms with Crippen molar-refractivity contribution in [3.8, 4) is 28.5 Å². The maximum Gasteiger partial charge on any atom is 0.289 e. The van der Waals surface area contributed by atoms with Crippen LogP contribution in [0.25, 0.3) is 11.3 Å². The Kier molecular flexibility index (Phi) is 6.47. The number of phenols is 1. The normalized spacial score (nSPS) is 10.8. The van der Waals surface area contributed by atoms with Crippen molar-refractivity contribution in [3.63, 3.8) is 0 Å². The van der Waals surface area contributed by atoms with E-state index in [1.54, 1.807) is 24.3 Å². The monoisotopic (exact) mass is 394 g/mol. The quantitative estimate of drug-likeness (QED) is 0.401. The summed E-state index contributed by atoms with van der Waals surface area (Å²) in [7, 11) is 0. The highest BCUT2D eigenvalue weighted by molar-refractivity contribution is 5.94. The first-order valence-corrected chi connectivity index (χ1v) is 9.19. The molecule has 0 unspecified atom stereocenters. The molecule has 0 bridgehead atoms. The van der Waals surface area contributed by atoms with Crippen LogP contribution < -0.4 is 14.9 Å². The number of carbonyl (C=O) groups is 1. The minimum atomic E-state index is -0.457. The van der Waals surface area contributed by atoms with Crippen molar-refractivity contribution in [2.75, 3.05) is 13.2 Å². The van der Waals surface area contributed by atoms with Crippen LogP contribution in [0.5, 0.6) is 17.2 Å². The van der Waals surface area contributed by atoms with Gasteiger partial charge < -0.3 is 14.6 Å². The third-order valence-electron chi connectivity index (χ3n) is 3.96. The van der Waals surface area contributed by atoms with Crippen LogP contribution in [0.1, 0.15) is 29.9 Å². The van der Waals surface area contributed by atoms with Crippen molar-refractivity contribution in [3.05, 3.63) is 59.8 Å². The topological polar surface area (TPSA) is 109 Å². The maximum absolute atomic E-state index is 12.3. The molecule has 3 rings (SSSR count). The molecular formula is C21H22N4O4. The van der Waals surface area contributed by atoms with Crippen molar-refractivity contribution < 1.29 is 19.4 Å². The van der Waals surface area contributed by atoms with Crippen LogP contribution in [-0.2, 0) is 0 Å². The molecular weight excluding hydrogens is 372 g/mol. The number of ether oxygens (including phenoxy) is 2. The number of aromatic hydroxyl groups is 1. The number of phenolic OH excluding ortho intramolecular Hbond substituents is 1. The summed E-state index contributed by atoms with van der Waals surface area (Å²) in [6.45, 7) is 4.74. The lowest BCUT2D eigenvalue weighted by atomic mass is 10.1. The van der Waals surface area contributed by atoms with E-state index in [-0.39, 0.29) is 11.4 Å². The fraction of sp³-hybridized carbons (Fsp3) is 0.190. The minimum absolute atomic E-state index is 0.0367. The second kappa shape index (κ2) is 9.41. The van der Waals surface area contributed by atoms with E-state index in [9.17, 15) is 9.90 Å². The Morgan fingerprint density at radius 2 is 1.97 bits per heavy atom. The smallest absolute Gasteiger partial charge is 0.289 e. The molecule has 8 nitrogen and oxygen atoms in total. The van der Waals surface area contributed by atoms with E-state index in [4.69, 9.17) is 9.47 Å². The highest BCUT2D eigenvalue weighted by Gasteiger charge is 2.11. The number of hydrogen-bond acceptors (Lipinski definition) is 6. The molecule has 0 aliphatic heterocycles. The van der Waals surface area contributed by atoms with E-state index in [2.05, 4.69) is 20.7 Å². The number of para-hydroxylation sites is 1. The molecule has 1 aromatic heterocycles. The Hall–Kier alpha value is -3.81. The zero-order valence-electron chi connectivity index (χ0n) is 16.2. The van der Waals surface area contributed by atoms with Gasteiger partial charge in [-0.05, 0) is 44.2 Å². The molecule has 150 valence electrons. The van der Waals surface area contributed by atoms with Crippen LogP contribution in [0.4, 0.5) is 0 Å². The molecule has 8 heteroatoms. The Bertz CT molecular complexity index is 1010. The molecule has 0 spiro atoms. The highest BCUT2D eigenvalue weighted by Crippen LogP contribution is 2.28. The van der Waals surface area contributed by atoms with Crippen molar-refractivity contribution in [1.82, 2.24) is 15.6 Å². The van der Waals surface area contributed by atoms with Gasteiger partial charge in [-0.15, -0.1) is 0 Å². The number of benzene rings is 2. The summed E-state index contributed by atoms with van der Waals surface area (Å²) in [4.78, 5) is 12.3. The predicted molar refractivity (Wildman–Crippen MR) is 110 cm³/mol. The zero-order chi connectivity index (χ0) is 20.6.